The number of aromatic amines is 1. The number of fused-ring (bicyclic) bond motifs is 1. The minimum Gasteiger partial charge on any atom is -0.361 e. The Balaban J connectivity index is 1.43. The number of carbonyl (C=O) groups is 1. The van der Waals surface area contributed by atoms with Gasteiger partial charge in [-0.2, -0.15) is 4.31 Å². The lowest BCUT2D eigenvalue weighted by Crippen LogP contribution is -2.42. The maximum Gasteiger partial charge on any atom is 0.243 e. The van der Waals surface area contributed by atoms with Gasteiger partial charge in [-0.3, -0.25) is 4.79 Å². The second-order valence-corrected chi connectivity index (χ2v) is 10.3. The smallest absolute Gasteiger partial charge is 0.243 e. The van der Waals surface area contributed by atoms with Gasteiger partial charge in [-0.05, 0) is 54.2 Å². The van der Waals surface area contributed by atoms with E-state index in [2.05, 4.69) is 24.1 Å². The number of hydrogen-bond donors (Lipinski definition) is 2. The number of anilines is 1. The molecule has 2 N–H and O–H groups in total. The monoisotopic (exact) mass is 425 g/mol. The molecule has 2 atom stereocenters. The Morgan fingerprint density at radius 3 is 2.43 bits per heavy atom. The zero-order valence-electron chi connectivity index (χ0n) is 17.3. The third kappa shape index (κ3) is 4.27. The van der Waals surface area contributed by atoms with Crippen LogP contribution in [0, 0.1) is 11.8 Å². The fourth-order valence-electron chi connectivity index (χ4n) is 4.32. The van der Waals surface area contributed by atoms with Crippen molar-refractivity contribution in [3.05, 3.63) is 60.3 Å². The summed E-state index contributed by atoms with van der Waals surface area (Å²) in [7, 11) is -3.52. The number of amides is 1. The van der Waals surface area contributed by atoms with Gasteiger partial charge in [0.1, 0.15) is 0 Å². The molecule has 1 fully saturated rings. The highest BCUT2D eigenvalue weighted by Crippen LogP contribution is 2.27. The molecule has 6 nitrogen and oxygen atoms in total. The van der Waals surface area contributed by atoms with Gasteiger partial charge in [0.2, 0.25) is 15.9 Å². The molecule has 1 saturated heterocycles. The molecule has 7 heteroatoms. The zero-order valence-corrected chi connectivity index (χ0v) is 18.1. The predicted molar refractivity (Wildman–Crippen MR) is 119 cm³/mol. The molecule has 4 rings (SSSR count). The van der Waals surface area contributed by atoms with Crippen LogP contribution in [0.25, 0.3) is 10.9 Å². The van der Waals surface area contributed by atoms with Crippen molar-refractivity contribution in [3.8, 4) is 0 Å². The Labute approximate surface area is 177 Å². The van der Waals surface area contributed by atoms with Gasteiger partial charge in [-0.1, -0.05) is 32.0 Å². The topological polar surface area (TPSA) is 82.3 Å². The molecule has 3 aromatic rings. The number of piperidine rings is 1. The average Bonchev–Trinajstić information content (AvgIpc) is 3.10. The van der Waals surface area contributed by atoms with Crippen LogP contribution in [0.2, 0.25) is 0 Å². The van der Waals surface area contributed by atoms with E-state index < -0.39 is 10.0 Å². The van der Waals surface area contributed by atoms with Crippen molar-refractivity contribution >= 4 is 32.5 Å². The molecule has 2 heterocycles. The molecule has 0 bridgehead atoms. The summed E-state index contributed by atoms with van der Waals surface area (Å²) in [6.07, 6.45) is 3.14. The highest BCUT2D eigenvalue weighted by atomic mass is 32.2. The number of sulfonamides is 1. The first-order valence-electron chi connectivity index (χ1n) is 10.3. The van der Waals surface area contributed by atoms with Gasteiger partial charge < -0.3 is 10.3 Å². The van der Waals surface area contributed by atoms with Crippen molar-refractivity contribution in [2.24, 2.45) is 11.8 Å². The summed E-state index contributed by atoms with van der Waals surface area (Å²) in [5, 5.41) is 3.88. The summed E-state index contributed by atoms with van der Waals surface area (Å²) in [6.45, 7) is 5.28. The Hall–Kier alpha value is -2.64. The van der Waals surface area contributed by atoms with Gasteiger partial charge >= 0.3 is 0 Å². The van der Waals surface area contributed by atoms with Crippen LogP contribution in [0.5, 0.6) is 0 Å². The maximum absolute atomic E-state index is 13.0. The average molecular weight is 426 g/mol. The quantitative estimate of drug-likeness (QED) is 0.648. The van der Waals surface area contributed by atoms with E-state index in [9.17, 15) is 13.2 Å². The van der Waals surface area contributed by atoms with Crippen LogP contribution in [-0.2, 0) is 21.2 Å². The lowest BCUT2D eigenvalue weighted by atomic mass is 9.94. The summed E-state index contributed by atoms with van der Waals surface area (Å²) < 4.78 is 27.5. The molecule has 0 saturated carbocycles. The van der Waals surface area contributed by atoms with Crippen LogP contribution in [0.15, 0.2) is 59.6 Å². The van der Waals surface area contributed by atoms with E-state index >= 15 is 0 Å². The third-order valence-corrected chi connectivity index (χ3v) is 7.48. The molecule has 158 valence electrons. The lowest BCUT2D eigenvalue weighted by Gasteiger charge is -2.34. The highest BCUT2D eigenvalue weighted by Gasteiger charge is 2.31. The van der Waals surface area contributed by atoms with Gasteiger partial charge in [-0.15, -0.1) is 0 Å². The molecule has 1 aliphatic rings. The van der Waals surface area contributed by atoms with Gasteiger partial charge in [0.25, 0.3) is 0 Å². The van der Waals surface area contributed by atoms with Crippen LogP contribution < -0.4 is 5.32 Å². The van der Waals surface area contributed by atoms with E-state index in [1.165, 1.54) is 0 Å². The van der Waals surface area contributed by atoms with Crippen LogP contribution in [0.1, 0.15) is 25.8 Å². The number of aromatic nitrogens is 1. The third-order valence-electron chi connectivity index (χ3n) is 5.64. The van der Waals surface area contributed by atoms with Crippen molar-refractivity contribution in [1.29, 1.82) is 0 Å². The molecule has 0 radical (unpaired) electrons. The van der Waals surface area contributed by atoms with E-state index in [1.54, 1.807) is 28.6 Å². The van der Waals surface area contributed by atoms with Crippen LogP contribution in [-0.4, -0.2) is 36.7 Å². The second-order valence-electron chi connectivity index (χ2n) is 8.38. The SMILES string of the molecule is C[C@@H]1C[C@@H](C)CN(S(=O)(=O)c2ccc(NC(=O)Cc3c[nH]c4ccccc34)cc2)C1. The Bertz CT molecular complexity index is 1140. The molecule has 1 amide bonds. The molecule has 0 unspecified atom stereocenters. The summed E-state index contributed by atoms with van der Waals surface area (Å²) in [6, 6.07) is 14.3. The number of H-pyrrole nitrogens is 1. The molecule has 0 aliphatic carbocycles. The lowest BCUT2D eigenvalue weighted by molar-refractivity contribution is -0.115. The van der Waals surface area contributed by atoms with Crippen molar-refractivity contribution < 1.29 is 13.2 Å². The molecular formula is C23H27N3O3S. The number of carbonyl (C=O) groups excluding carboxylic acids is 1. The van der Waals surface area contributed by atoms with Crippen LogP contribution in [0.4, 0.5) is 5.69 Å². The predicted octanol–water partition coefficient (Wildman–Crippen LogP) is 4.02. The number of benzene rings is 2. The van der Waals surface area contributed by atoms with E-state index in [1.807, 2.05) is 30.5 Å². The van der Waals surface area contributed by atoms with E-state index in [0.717, 1.165) is 22.9 Å². The van der Waals surface area contributed by atoms with E-state index in [0.29, 0.717) is 30.6 Å². The van der Waals surface area contributed by atoms with Crippen molar-refractivity contribution in [1.82, 2.24) is 9.29 Å². The van der Waals surface area contributed by atoms with Crippen LogP contribution in [0.3, 0.4) is 0 Å². The van der Waals surface area contributed by atoms with Gasteiger partial charge in [0.05, 0.1) is 11.3 Å². The number of para-hydroxylation sites is 1. The van der Waals surface area contributed by atoms with E-state index in [4.69, 9.17) is 0 Å². The first kappa shape index (κ1) is 20.6. The van der Waals surface area contributed by atoms with E-state index in [-0.39, 0.29) is 17.2 Å². The molecular weight excluding hydrogens is 398 g/mol. The number of rotatable bonds is 5. The minimum absolute atomic E-state index is 0.144. The fraction of sp³-hybridized carbons (Fsp3) is 0.348. The van der Waals surface area contributed by atoms with Crippen molar-refractivity contribution in [3.63, 3.8) is 0 Å². The zero-order chi connectivity index (χ0) is 21.3. The molecule has 1 aromatic heterocycles. The summed E-state index contributed by atoms with van der Waals surface area (Å²) in [5.41, 5.74) is 2.51. The first-order valence-corrected chi connectivity index (χ1v) is 11.7. The maximum atomic E-state index is 13.0. The number of nitrogens with zero attached hydrogens (tertiary/aromatic N) is 1. The molecule has 0 spiro atoms. The standard InChI is InChI=1S/C23H27N3O3S/c1-16-11-17(2)15-26(14-16)30(28,29)20-9-7-19(8-10-20)25-23(27)12-18-13-24-22-6-4-3-5-21(18)22/h3-10,13,16-17,24H,11-12,14-15H2,1-2H3,(H,25,27)/t16-,17-/m1/s1. The Kier molecular flexibility index (Phi) is 5.66. The summed E-state index contributed by atoms with van der Waals surface area (Å²) in [5.74, 6) is 0.562. The second kappa shape index (κ2) is 8.24. The van der Waals surface area contributed by atoms with Gasteiger partial charge in [-0.25, -0.2) is 8.42 Å². The highest BCUT2D eigenvalue weighted by molar-refractivity contribution is 7.89. The summed E-state index contributed by atoms with van der Waals surface area (Å²) in [4.78, 5) is 15.9. The normalized spacial score (nSPS) is 20.3. The molecule has 2 aromatic carbocycles. The number of nitrogens with one attached hydrogen (secondary N) is 2. The minimum atomic E-state index is -3.52. The van der Waals surface area contributed by atoms with Crippen LogP contribution >= 0.6 is 0 Å². The van der Waals surface area contributed by atoms with Crippen molar-refractivity contribution in [2.45, 2.75) is 31.6 Å². The Morgan fingerprint density at radius 2 is 1.73 bits per heavy atom. The largest absolute Gasteiger partial charge is 0.361 e. The summed E-state index contributed by atoms with van der Waals surface area (Å²) >= 11 is 0. The van der Waals surface area contributed by atoms with Gasteiger partial charge in [0, 0.05) is 35.9 Å². The van der Waals surface area contributed by atoms with Crippen molar-refractivity contribution in [2.75, 3.05) is 18.4 Å². The van der Waals surface area contributed by atoms with Gasteiger partial charge in [0.15, 0.2) is 0 Å². The fourth-order valence-corrected chi connectivity index (χ4v) is 6.00. The molecule has 30 heavy (non-hydrogen) atoms. The molecule has 1 aliphatic heterocycles. The first-order chi connectivity index (χ1) is 14.3. The Morgan fingerprint density at radius 1 is 1.07 bits per heavy atom. The number of hydrogen-bond acceptors (Lipinski definition) is 3.